The van der Waals surface area contributed by atoms with Gasteiger partial charge in [0.2, 0.25) is 4.73 Å². The van der Waals surface area contributed by atoms with E-state index in [-0.39, 0.29) is 5.95 Å². The highest BCUT2D eigenvalue weighted by molar-refractivity contribution is 9.10. The second-order valence-electron chi connectivity index (χ2n) is 2.95. The molecular weight excluding hydrogens is 264 g/mol. The number of hydrogen-bond donors (Lipinski definition) is 1. The summed E-state index contributed by atoms with van der Waals surface area (Å²) >= 11 is 3.16. The lowest BCUT2D eigenvalue weighted by molar-refractivity contribution is 0.645. The van der Waals surface area contributed by atoms with Crippen molar-refractivity contribution in [2.24, 2.45) is 7.05 Å². The van der Waals surface area contributed by atoms with Crippen LogP contribution < -0.4 is 5.48 Å². The van der Waals surface area contributed by atoms with E-state index in [1.165, 1.54) is 0 Å². The molecule has 2 rings (SSSR count). The number of halogens is 1. The molecule has 0 atom stereocenters. The molecule has 8 heteroatoms. The molecule has 0 bridgehead atoms. The molecule has 0 aliphatic carbocycles. The molecule has 15 heavy (non-hydrogen) atoms. The minimum atomic E-state index is 0.282. The van der Waals surface area contributed by atoms with Gasteiger partial charge < -0.3 is 15.3 Å². The third-order valence-corrected chi connectivity index (χ3v) is 2.37. The molecule has 0 saturated heterocycles. The first-order valence-electron chi connectivity index (χ1n) is 4.14. The van der Waals surface area contributed by atoms with E-state index in [2.05, 4.69) is 31.0 Å². The normalized spacial score (nSPS) is 10.6. The number of nitrogens with zero attached hydrogens (tertiary/aromatic N) is 5. The van der Waals surface area contributed by atoms with Crippen LogP contribution in [0.5, 0.6) is 0 Å². The summed E-state index contributed by atoms with van der Waals surface area (Å²) < 4.78 is 3.85. The molecule has 0 radical (unpaired) electrons. The average Bonchev–Trinajstić information content (AvgIpc) is 2.76. The molecule has 0 unspecified atom stereocenters. The Balaban J connectivity index is 2.21. The Bertz CT molecular complexity index is 464. The van der Waals surface area contributed by atoms with Crippen LogP contribution >= 0.6 is 15.9 Å². The van der Waals surface area contributed by atoms with Crippen molar-refractivity contribution >= 4 is 21.9 Å². The lowest BCUT2D eigenvalue weighted by atomic mass is 10.5. The summed E-state index contributed by atoms with van der Waals surface area (Å²) in [4.78, 5) is 7.83. The fraction of sp³-hybridized carbons (Fsp3) is 0.286. The predicted molar refractivity (Wildman–Crippen MR) is 57.0 cm³/mol. The minimum Gasteiger partial charge on any atom is -0.759 e. The van der Waals surface area contributed by atoms with Crippen molar-refractivity contribution in [2.45, 2.75) is 6.54 Å². The number of aromatic nitrogens is 5. The quantitative estimate of drug-likeness (QED) is 0.833. The highest BCUT2D eigenvalue weighted by Crippen LogP contribution is 2.09. The van der Waals surface area contributed by atoms with E-state index in [0.29, 0.717) is 11.3 Å². The van der Waals surface area contributed by atoms with Gasteiger partial charge in [-0.1, -0.05) is 0 Å². The van der Waals surface area contributed by atoms with E-state index >= 15 is 0 Å². The Labute approximate surface area is 93.8 Å². The Morgan fingerprint density at radius 3 is 2.87 bits per heavy atom. The largest absolute Gasteiger partial charge is 0.759 e. The molecule has 7 nitrogen and oxygen atoms in total. The van der Waals surface area contributed by atoms with Crippen LogP contribution in [0.4, 0.5) is 5.95 Å². The second kappa shape index (κ2) is 3.99. The maximum atomic E-state index is 10.4. The summed E-state index contributed by atoms with van der Waals surface area (Å²) in [5, 5.41) is 14.5. The summed E-state index contributed by atoms with van der Waals surface area (Å²) in [5.41, 5.74) is 2.62. The molecule has 2 aromatic heterocycles. The Morgan fingerprint density at radius 2 is 2.33 bits per heavy atom. The molecule has 0 saturated carbocycles. The molecule has 0 spiro atoms. The van der Waals surface area contributed by atoms with Gasteiger partial charge in [-0.25, -0.2) is 14.6 Å². The zero-order chi connectivity index (χ0) is 10.8. The SMILES string of the molecule is Cn1c(Cn2cnc(Br)n2)cnc1N[O-]. The molecule has 2 heterocycles. The smallest absolute Gasteiger partial charge is 0.217 e. The topological polar surface area (TPSA) is 83.6 Å². The monoisotopic (exact) mass is 271 g/mol. The van der Waals surface area contributed by atoms with Crippen LogP contribution in [0.3, 0.4) is 0 Å². The average molecular weight is 272 g/mol. The van der Waals surface area contributed by atoms with Gasteiger partial charge in [-0.15, -0.1) is 5.10 Å². The van der Waals surface area contributed by atoms with E-state index < -0.39 is 0 Å². The Hall–Kier alpha value is -1.41. The lowest BCUT2D eigenvalue weighted by Crippen LogP contribution is -2.06. The number of nitrogens with one attached hydrogen (secondary N) is 1. The number of rotatable bonds is 3. The lowest BCUT2D eigenvalue weighted by Gasteiger charge is -2.09. The molecule has 80 valence electrons. The van der Waals surface area contributed by atoms with Crippen molar-refractivity contribution < 1.29 is 0 Å². The van der Waals surface area contributed by atoms with Gasteiger partial charge in [0, 0.05) is 7.05 Å². The van der Waals surface area contributed by atoms with Gasteiger partial charge in [-0.05, 0) is 15.9 Å². The number of hydrogen-bond acceptors (Lipinski definition) is 5. The molecule has 1 N–H and O–H groups in total. The zero-order valence-electron chi connectivity index (χ0n) is 7.88. The van der Waals surface area contributed by atoms with Gasteiger partial charge in [-0.2, -0.15) is 0 Å². The molecule has 2 aromatic rings. The van der Waals surface area contributed by atoms with Gasteiger partial charge in [0.1, 0.15) is 6.33 Å². The van der Waals surface area contributed by atoms with Crippen molar-refractivity contribution in [3.63, 3.8) is 0 Å². The first-order valence-corrected chi connectivity index (χ1v) is 4.93. The molecule has 0 aliphatic heterocycles. The second-order valence-corrected chi connectivity index (χ2v) is 3.65. The van der Waals surface area contributed by atoms with Crippen LogP contribution in [0.25, 0.3) is 0 Å². The Morgan fingerprint density at radius 1 is 1.53 bits per heavy atom. The highest BCUT2D eigenvalue weighted by Gasteiger charge is 2.05. The summed E-state index contributed by atoms with van der Waals surface area (Å²) in [6.45, 7) is 0.518. The predicted octanol–water partition coefficient (Wildman–Crippen LogP) is 0.732. The maximum Gasteiger partial charge on any atom is 0.217 e. The van der Waals surface area contributed by atoms with Crippen molar-refractivity contribution in [1.29, 1.82) is 0 Å². The van der Waals surface area contributed by atoms with Crippen LogP contribution in [0, 0.1) is 5.21 Å². The van der Waals surface area contributed by atoms with Crippen LogP contribution in [-0.2, 0) is 13.6 Å². The third-order valence-electron chi connectivity index (χ3n) is 2.01. The van der Waals surface area contributed by atoms with Gasteiger partial charge in [0.25, 0.3) is 0 Å². The van der Waals surface area contributed by atoms with E-state index in [1.807, 2.05) is 0 Å². The van der Waals surface area contributed by atoms with Gasteiger partial charge >= 0.3 is 0 Å². The summed E-state index contributed by atoms with van der Waals surface area (Å²) in [6.07, 6.45) is 3.22. The fourth-order valence-corrected chi connectivity index (χ4v) is 1.50. The summed E-state index contributed by atoms with van der Waals surface area (Å²) in [6, 6.07) is 0. The van der Waals surface area contributed by atoms with E-state index in [0.717, 1.165) is 5.69 Å². The molecule has 0 aromatic carbocycles. The summed E-state index contributed by atoms with van der Waals surface area (Å²) in [7, 11) is 1.76. The van der Waals surface area contributed by atoms with Crippen molar-refractivity contribution in [2.75, 3.05) is 5.48 Å². The molecule has 0 amide bonds. The Kier molecular flexibility index (Phi) is 2.69. The van der Waals surface area contributed by atoms with Crippen LogP contribution in [0.15, 0.2) is 17.3 Å². The fourth-order valence-electron chi connectivity index (χ4n) is 1.20. The standard InChI is InChI=1S/C7H8BrN6O/c1-13-5(2-9-7(13)12-15)3-14-4-10-6(8)11-14/h2,4H,3H2,1H3,(H-,9,12,15)/q-1. The van der Waals surface area contributed by atoms with Crippen molar-refractivity contribution in [3.05, 3.63) is 28.2 Å². The van der Waals surface area contributed by atoms with Crippen molar-refractivity contribution in [3.8, 4) is 0 Å². The number of anilines is 1. The molecule has 0 fully saturated rings. The maximum absolute atomic E-state index is 10.4. The van der Waals surface area contributed by atoms with Gasteiger partial charge in [0.05, 0.1) is 18.4 Å². The summed E-state index contributed by atoms with van der Waals surface area (Å²) in [5.74, 6) is 0.282. The number of imidazole rings is 1. The van der Waals surface area contributed by atoms with Gasteiger partial charge in [-0.3, -0.25) is 0 Å². The van der Waals surface area contributed by atoms with E-state index in [4.69, 9.17) is 0 Å². The van der Waals surface area contributed by atoms with Crippen LogP contribution in [-0.4, -0.2) is 24.3 Å². The first kappa shape index (κ1) is 10.1. The van der Waals surface area contributed by atoms with E-state index in [1.54, 1.807) is 34.3 Å². The van der Waals surface area contributed by atoms with E-state index in [9.17, 15) is 5.21 Å². The first-order chi connectivity index (χ1) is 7.20. The molecular formula is C7H8BrN6O-. The zero-order valence-corrected chi connectivity index (χ0v) is 9.47. The third kappa shape index (κ3) is 2.00. The van der Waals surface area contributed by atoms with Crippen LogP contribution in [0.2, 0.25) is 0 Å². The van der Waals surface area contributed by atoms with Crippen LogP contribution in [0.1, 0.15) is 5.69 Å². The van der Waals surface area contributed by atoms with Gasteiger partial charge in [0.15, 0.2) is 5.95 Å². The van der Waals surface area contributed by atoms with Crippen molar-refractivity contribution in [1.82, 2.24) is 24.3 Å². The highest BCUT2D eigenvalue weighted by atomic mass is 79.9. The molecule has 0 aliphatic rings. The minimum absolute atomic E-state index is 0.282.